The Morgan fingerprint density at radius 1 is 1.39 bits per heavy atom. The van der Waals surface area contributed by atoms with Gasteiger partial charge in [0.05, 0.1) is 6.42 Å². The van der Waals surface area contributed by atoms with Crippen LogP contribution >= 0.6 is 0 Å². The summed E-state index contributed by atoms with van der Waals surface area (Å²) in [6.45, 7) is 6.90. The molecule has 2 atom stereocenters. The minimum atomic E-state index is -0.625. The lowest BCUT2D eigenvalue weighted by molar-refractivity contribution is -0.138. The first kappa shape index (κ1) is 12.4. The highest BCUT2D eigenvalue weighted by Crippen LogP contribution is 2.50. The van der Waals surface area contributed by atoms with Gasteiger partial charge in [0.1, 0.15) is 0 Å². The van der Waals surface area contributed by atoms with E-state index < -0.39 is 5.97 Å². The van der Waals surface area contributed by atoms with Crippen LogP contribution in [-0.4, -0.2) is 59.1 Å². The zero-order valence-corrected chi connectivity index (χ0v) is 11.3. The van der Waals surface area contributed by atoms with E-state index in [4.69, 9.17) is 5.11 Å². The van der Waals surface area contributed by atoms with Gasteiger partial charge in [-0.3, -0.25) is 14.6 Å². The fourth-order valence-corrected chi connectivity index (χ4v) is 3.79. The summed E-state index contributed by atoms with van der Waals surface area (Å²) < 4.78 is 0. The highest BCUT2D eigenvalue weighted by atomic mass is 16.4. The Labute approximate surface area is 109 Å². The first-order chi connectivity index (χ1) is 8.58. The third kappa shape index (κ3) is 2.41. The van der Waals surface area contributed by atoms with Crippen molar-refractivity contribution in [3.8, 4) is 0 Å². The number of hydrogen-bond acceptors (Lipinski definition) is 3. The molecule has 0 aromatic carbocycles. The molecule has 3 aliphatic rings. The summed E-state index contributed by atoms with van der Waals surface area (Å²) in [5, 5.41) is 9.01. The van der Waals surface area contributed by atoms with Gasteiger partial charge >= 0.3 is 5.97 Å². The number of rotatable bonds is 4. The van der Waals surface area contributed by atoms with E-state index >= 15 is 0 Å². The van der Waals surface area contributed by atoms with Crippen molar-refractivity contribution in [1.82, 2.24) is 9.80 Å². The maximum Gasteiger partial charge on any atom is 0.303 e. The number of piperazine rings is 1. The minimum absolute atomic E-state index is 0.112. The molecule has 0 amide bonds. The van der Waals surface area contributed by atoms with Crippen molar-refractivity contribution < 1.29 is 9.90 Å². The van der Waals surface area contributed by atoms with Crippen LogP contribution in [0.4, 0.5) is 0 Å². The number of aliphatic carboxylic acids is 1. The maximum absolute atomic E-state index is 10.9. The molecule has 4 nitrogen and oxygen atoms in total. The molecular formula is C14H24N2O2. The zero-order valence-electron chi connectivity index (χ0n) is 11.3. The van der Waals surface area contributed by atoms with E-state index in [2.05, 4.69) is 16.7 Å². The average Bonchev–Trinajstić information content (AvgIpc) is 2.86. The fourth-order valence-electron chi connectivity index (χ4n) is 3.79. The molecule has 0 spiro atoms. The zero-order chi connectivity index (χ0) is 12.8. The Morgan fingerprint density at radius 3 is 2.83 bits per heavy atom. The molecule has 1 N–H and O–H groups in total. The lowest BCUT2D eigenvalue weighted by Crippen LogP contribution is -2.56. The lowest BCUT2D eigenvalue weighted by Gasteiger charge is -2.43. The first-order valence-electron chi connectivity index (χ1n) is 7.28. The van der Waals surface area contributed by atoms with E-state index in [9.17, 15) is 4.79 Å². The van der Waals surface area contributed by atoms with Crippen LogP contribution in [0, 0.1) is 5.41 Å². The maximum atomic E-state index is 10.9. The van der Waals surface area contributed by atoms with Gasteiger partial charge < -0.3 is 5.11 Å². The van der Waals surface area contributed by atoms with Crippen LogP contribution in [0.5, 0.6) is 0 Å². The third-order valence-electron chi connectivity index (χ3n) is 5.09. The number of carboxylic acids is 1. The summed E-state index contributed by atoms with van der Waals surface area (Å²) in [6, 6.07) is 1.33. The normalized spacial score (nSPS) is 35.4. The van der Waals surface area contributed by atoms with E-state index in [0.717, 1.165) is 32.0 Å². The minimum Gasteiger partial charge on any atom is -0.481 e. The predicted octanol–water partition coefficient (Wildman–Crippen LogP) is 1.41. The molecule has 2 heterocycles. The first-order valence-corrected chi connectivity index (χ1v) is 7.28. The number of hydrogen-bond donors (Lipinski definition) is 1. The standard InChI is InChI=1S/C14H24N2O2/c1-11-8-15-6-2-3-12(15)9-16(11)10-14(4-5-14)7-13(17)18/h11-12H,2-10H2,1H3,(H,17,18). The number of carbonyl (C=O) groups is 1. The molecule has 18 heavy (non-hydrogen) atoms. The highest BCUT2D eigenvalue weighted by Gasteiger charge is 2.47. The molecular weight excluding hydrogens is 228 g/mol. The van der Waals surface area contributed by atoms with E-state index in [0.29, 0.717) is 12.5 Å². The molecule has 0 aromatic heterocycles. The molecule has 1 aliphatic carbocycles. The Balaban J connectivity index is 1.60. The molecule has 2 aliphatic heterocycles. The van der Waals surface area contributed by atoms with E-state index in [1.165, 1.54) is 25.9 Å². The lowest BCUT2D eigenvalue weighted by atomic mass is 9.99. The Bertz CT molecular complexity index is 341. The van der Waals surface area contributed by atoms with Crippen LogP contribution in [0.3, 0.4) is 0 Å². The van der Waals surface area contributed by atoms with Gasteiger partial charge in [0.15, 0.2) is 0 Å². The topological polar surface area (TPSA) is 43.8 Å². The molecule has 0 bridgehead atoms. The van der Waals surface area contributed by atoms with Gasteiger partial charge in [0.2, 0.25) is 0 Å². The smallest absolute Gasteiger partial charge is 0.303 e. The van der Waals surface area contributed by atoms with Gasteiger partial charge in [-0.2, -0.15) is 0 Å². The second-order valence-corrected chi connectivity index (χ2v) is 6.64. The van der Waals surface area contributed by atoms with Crippen LogP contribution in [0.2, 0.25) is 0 Å². The van der Waals surface area contributed by atoms with Gasteiger partial charge in [-0.05, 0) is 44.6 Å². The summed E-state index contributed by atoms with van der Waals surface area (Å²) in [5.41, 5.74) is 0.112. The van der Waals surface area contributed by atoms with Gasteiger partial charge in [0, 0.05) is 31.7 Å². The van der Waals surface area contributed by atoms with Crippen molar-refractivity contribution in [3.05, 3.63) is 0 Å². The molecule has 4 heteroatoms. The third-order valence-corrected chi connectivity index (χ3v) is 5.09. The molecule has 2 saturated heterocycles. The monoisotopic (exact) mass is 252 g/mol. The van der Waals surface area contributed by atoms with Crippen LogP contribution in [-0.2, 0) is 4.79 Å². The number of nitrogens with zero attached hydrogens (tertiary/aromatic N) is 2. The summed E-state index contributed by atoms with van der Waals surface area (Å²) in [7, 11) is 0. The molecule has 2 unspecified atom stereocenters. The van der Waals surface area contributed by atoms with Crippen molar-refractivity contribution in [1.29, 1.82) is 0 Å². The van der Waals surface area contributed by atoms with Crippen molar-refractivity contribution in [2.75, 3.05) is 26.2 Å². The van der Waals surface area contributed by atoms with E-state index in [-0.39, 0.29) is 5.41 Å². The summed E-state index contributed by atoms with van der Waals surface area (Å²) >= 11 is 0. The van der Waals surface area contributed by atoms with Crippen LogP contribution in [0.25, 0.3) is 0 Å². The van der Waals surface area contributed by atoms with Crippen LogP contribution in [0.15, 0.2) is 0 Å². The largest absolute Gasteiger partial charge is 0.481 e. The quantitative estimate of drug-likeness (QED) is 0.821. The Morgan fingerprint density at radius 2 is 2.17 bits per heavy atom. The fraction of sp³-hybridized carbons (Fsp3) is 0.929. The number of carboxylic acid groups (broad SMARTS) is 1. The van der Waals surface area contributed by atoms with E-state index in [1.807, 2.05) is 0 Å². The summed E-state index contributed by atoms with van der Waals surface area (Å²) in [6.07, 6.45) is 5.25. The average molecular weight is 252 g/mol. The highest BCUT2D eigenvalue weighted by molar-refractivity contribution is 5.68. The molecule has 0 aromatic rings. The van der Waals surface area contributed by atoms with Gasteiger partial charge in [0.25, 0.3) is 0 Å². The van der Waals surface area contributed by atoms with Crippen molar-refractivity contribution in [3.63, 3.8) is 0 Å². The van der Waals surface area contributed by atoms with Crippen molar-refractivity contribution in [2.45, 2.75) is 51.1 Å². The molecule has 102 valence electrons. The SMILES string of the molecule is CC1CN2CCCC2CN1CC1(CC(=O)O)CC1. The van der Waals surface area contributed by atoms with Crippen molar-refractivity contribution in [2.24, 2.45) is 5.41 Å². The Kier molecular flexibility index (Phi) is 3.10. The van der Waals surface area contributed by atoms with Crippen LogP contribution in [0.1, 0.15) is 39.0 Å². The van der Waals surface area contributed by atoms with Gasteiger partial charge in [-0.1, -0.05) is 0 Å². The van der Waals surface area contributed by atoms with Crippen LogP contribution < -0.4 is 0 Å². The summed E-state index contributed by atoms with van der Waals surface area (Å²) in [4.78, 5) is 16.1. The summed E-state index contributed by atoms with van der Waals surface area (Å²) in [5.74, 6) is -0.625. The second kappa shape index (κ2) is 4.49. The second-order valence-electron chi connectivity index (χ2n) is 6.64. The van der Waals surface area contributed by atoms with Gasteiger partial charge in [-0.25, -0.2) is 0 Å². The van der Waals surface area contributed by atoms with E-state index in [1.54, 1.807) is 0 Å². The molecule has 3 fully saturated rings. The Hall–Kier alpha value is -0.610. The van der Waals surface area contributed by atoms with Gasteiger partial charge in [-0.15, -0.1) is 0 Å². The molecule has 0 radical (unpaired) electrons. The molecule has 1 saturated carbocycles. The predicted molar refractivity (Wildman–Crippen MR) is 69.5 cm³/mol. The number of fused-ring (bicyclic) bond motifs is 1. The van der Waals surface area contributed by atoms with Crippen molar-refractivity contribution >= 4 is 5.97 Å². The molecule has 3 rings (SSSR count).